The van der Waals surface area contributed by atoms with E-state index in [-0.39, 0.29) is 37.3 Å². The lowest BCUT2D eigenvalue weighted by Crippen LogP contribution is -2.43. The van der Waals surface area contributed by atoms with Crippen LogP contribution in [0.5, 0.6) is 0 Å². The van der Waals surface area contributed by atoms with Crippen LogP contribution in [0.15, 0.2) is 18.3 Å². The minimum absolute atomic E-state index is 0. The summed E-state index contributed by atoms with van der Waals surface area (Å²) in [6.45, 7) is 0.728. The predicted octanol–water partition coefficient (Wildman–Crippen LogP) is 2.26. The summed E-state index contributed by atoms with van der Waals surface area (Å²) in [7, 11) is 1.85. The first kappa shape index (κ1) is 22.4. The van der Waals surface area contributed by atoms with Gasteiger partial charge in [-0.15, -0.1) is 12.4 Å². The summed E-state index contributed by atoms with van der Waals surface area (Å²) in [4.78, 5) is 29.0. The van der Waals surface area contributed by atoms with Crippen LogP contribution in [-0.4, -0.2) is 51.1 Å². The number of H-pyrrole nitrogens is 1. The van der Waals surface area contributed by atoms with Crippen molar-refractivity contribution in [3.8, 4) is 11.3 Å². The summed E-state index contributed by atoms with van der Waals surface area (Å²) >= 11 is 12.9. The fourth-order valence-corrected chi connectivity index (χ4v) is 4.07. The molecule has 1 aliphatic heterocycles. The van der Waals surface area contributed by atoms with Gasteiger partial charge in [0.15, 0.2) is 0 Å². The van der Waals surface area contributed by atoms with Crippen LogP contribution in [0, 0.1) is 0 Å². The SMILES string of the molecule is Cl.Cn1ccc(-c2cc(Cl)c(Cl)c3[nH]c4c(c23)CN(C(=O)CNC(=O)CN)CC4)n1. The molecule has 3 heterocycles. The molecule has 4 N–H and O–H groups in total. The number of halogens is 3. The Bertz CT molecular complexity index is 1120. The number of aromatic nitrogens is 3. The highest BCUT2D eigenvalue weighted by molar-refractivity contribution is 6.45. The second-order valence-electron chi connectivity index (χ2n) is 6.97. The van der Waals surface area contributed by atoms with Gasteiger partial charge in [-0.05, 0) is 12.1 Å². The normalized spacial score (nSPS) is 13.1. The van der Waals surface area contributed by atoms with Crippen molar-refractivity contribution in [2.75, 3.05) is 19.6 Å². The zero-order chi connectivity index (χ0) is 20.7. The molecule has 0 spiro atoms. The quantitative estimate of drug-likeness (QED) is 0.542. The number of hydrogen-bond acceptors (Lipinski definition) is 4. The molecule has 0 atom stereocenters. The molecule has 1 aromatic carbocycles. The number of nitrogens with one attached hydrogen (secondary N) is 2. The molecule has 1 aliphatic rings. The number of carbonyl (C=O) groups excluding carboxylic acids is 2. The highest BCUT2D eigenvalue weighted by atomic mass is 35.5. The highest BCUT2D eigenvalue weighted by Gasteiger charge is 2.27. The topological polar surface area (TPSA) is 109 Å². The van der Waals surface area contributed by atoms with Gasteiger partial charge in [-0.2, -0.15) is 5.10 Å². The summed E-state index contributed by atoms with van der Waals surface area (Å²) in [6, 6.07) is 3.72. The van der Waals surface area contributed by atoms with Gasteiger partial charge in [-0.25, -0.2) is 0 Å². The number of nitrogens with zero attached hydrogens (tertiary/aromatic N) is 3. The van der Waals surface area contributed by atoms with E-state index < -0.39 is 0 Å². The fourth-order valence-electron chi connectivity index (χ4n) is 3.67. The first-order chi connectivity index (χ1) is 13.9. The van der Waals surface area contributed by atoms with Crippen molar-refractivity contribution in [1.82, 2.24) is 25.0 Å². The minimum atomic E-state index is -0.359. The molecule has 0 bridgehead atoms. The van der Waals surface area contributed by atoms with Crippen LogP contribution in [0.25, 0.3) is 22.2 Å². The molecule has 3 aromatic rings. The molecule has 30 heavy (non-hydrogen) atoms. The smallest absolute Gasteiger partial charge is 0.242 e. The van der Waals surface area contributed by atoms with Crippen LogP contribution in [0.4, 0.5) is 0 Å². The first-order valence-electron chi connectivity index (χ1n) is 9.15. The van der Waals surface area contributed by atoms with Gasteiger partial charge in [0, 0.05) is 55.0 Å². The number of rotatable bonds is 4. The van der Waals surface area contributed by atoms with E-state index in [1.165, 1.54) is 0 Å². The van der Waals surface area contributed by atoms with Crippen LogP contribution in [-0.2, 0) is 29.6 Å². The maximum absolute atomic E-state index is 12.6. The second-order valence-corrected chi connectivity index (χ2v) is 7.76. The molecule has 0 radical (unpaired) electrons. The number of aromatic amines is 1. The van der Waals surface area contributed by atoms with E-state index in [9.17, 15) is 9.59 Å². The van der Waals surface area contributed by atoms with Crippen LogP contribution in [0.3, 0.4) is 0 Å². The number of hydrogen-bond donors (Lipinski definition) is 3. The Balaban J connectivity index is 0.00000256. The molecule has 2 amide bonds. The molecular formula is C19H21Cl3N6O2. The van der Waals surface area contributed by atoms with E-state index in [4.69, 9.17) is 28.9 Å². The van der Waals surface area contributed by atoms with Gasteiger partial charge in [-0.3, -0.25) is 14.3 Å². The molecule has 8 nitrogen and oxygen atoms in total. The molecule has 0 saturated heterocycles. The molecule has 4 rings (SSSR count). The predicted molar refractivity (Wildman–Crippen MR) is 119 cm³/mol. The lowest BCUT2D eigenvalue weighted by molar-refractivity contribution is -0.133. The lowest BCUT2D eigenvalue weighted by atomic mass is 9.99. The number of amides is 2. The van der Waals surface area contributed by atoms with E-state index in [1.54, 1.807) is 9.58 Å². The zero-order valence-corrected chi connectivity index (χ0v) is 18.5. The van der Waals surface area contributed by atoms with Gasteiger partial charge in [0.25, 0.3) is 0 Å². The zero-order valence-electron chi connectivity index (χ0n) is 16.2. The Kier molecular flexibility index (Phi) is 6.62. The Labute approximate surface area is 189 Å². The third-order valence-corrected chi connectivity index (χ3v) is 5.89. The Morgan fingerprint density at radius 2 is 2.13 bits per heavy atom. The van der Waals surface area contributed by atoms with Crippen LogP contribution in [0.1, 0.15) is 11.3 Å². The monoisotopic (exact) mass is 470 g/mol. The Morgan fingerprint density at radius 3 is 2.80 bits per heavy atom. The summed E-state index contributed by atoms with van der Waals surface area (Å²) < 4.78 is 1.72. The third-order valence-electron chi connectivity index (χ3n) is 5.11. The van der Waals surface area contributed by atoms with Crippen molar-refractivity contribution in [2.45, 2.75) is 13.0 Å². The maximum Gasteiger partial charge on any atom is 0.242 e. The molecule has 0 unspecified atom stereocenters. The first-order valence-corrected chi connectivity index (χ1v) is 9.90. The van der Waals surface area contributed by atoms with E-state index in [2.05, 4.69) is 15.4 Å². The average Bonchev–Trinajstić information content (AvgIpc) is 3.32. The van der Waals surface area contributed by atoms with E-state index in [0.29, 0.717) is 29.6 Å². The number of nitrogens with two attached hydrogens (primary N) is 1. The largest absolute Gasteiger partial charge is 0.357 e. The highest BCUT2D eigenvalue weighted by Crippen LogP contribution is 2.41. The summed E-state index contributed by atoms with van der Waals surface area (Å²) in [5.74, 6) is -0.520. The van der Waals surface area contributed by atoms with Crippen molar-refractivity contribution in [3.63, 3.8) is 0 Å². The standard InChI is InChI=1S/C19H20Cl2N6O2.ClH/c1-26-4-2-14(25-26)10-6-12(20)18(21)19-17(10)11-9-27(5-3-13(11)24-19)16(29)8-23-15(28)7-22;/h2,4,6,24H,3,5,7-9,22H2,1H3,(H,23,28);1H. The van der Waals surface area contributed by atoms with Crippen molar-refractivity contribution >= 4 is 58.3 Å². The van der Waals surface area contributed by atoms with E-state index in [0.717, 1.165) is 33.4 Å². The fraction of sp³-hybridized carbons (Fsp3) is 0.316. The average molecular weight is 472 g/mol. The molecule has 160 valence electrons. The van der Waals surface area contributed by atoms with Gasteiger partial charge in [-0.1, -0.05) is 23.2 Å². The van der Waals surface area contributed by atoms with Crippen molar-refractivity contribution in [2.24, 2.45) is 12.8 Å². The number of fused-ring (bicyclic) bond motifs is 3. The lowest BCUT2D eigenvalue weighted by Gasteiger charge is -2.27. The summed E-state index contributed by atoms with van der Waals surface area (Å²) in [5.41, 5.74) is 9.67. The van der Waals surface area contributed by atoms with Gasteiger partial charge in [0.1, 0.15) is 0 Å². The van der Waals surface area contributed by atoms with Crippen molar-refractivity contribution in [3.05, 3.63) is 39.6 Å². The van der Waals surface area contributed by atoms with E-state index in [1.807, 2.05) is 25.4 Å². The Morgan fingerprint density at radius 1 is 1.37 bits per heavy atom. The summed E-state index contributed by atoms with van der Waals surface area (Å²) in [5, 5.41) is 8.83. The van der Waals surface area contributed by atoms with Gasteiger partial charge in [0.05, 0.1) is 34.3 Å². The van der Waals surface area contributed by atoms with Crippen molar-refractivity contribution < 1.29 is 9.59 Å². The molecule has 0 saturated carbocycles. The summed E-state index contributed by atoms with van der Waals surface area (Å²) in [6.07, 6.45) is 2.51. The Hall–Kier alpha value is -2.26. The molecule has 0 fully saturated rings. The number of aryl methyl sites for hydroxylation is 1. The molecule has 0 aliphatic carbocycles. The van der Waals surface area contributed by atoms with Crippen LogP contribution >= 0.6 is 35.6 Å². The van der Waals surface area contributed by atoms with E-state index >= 15 is 0 Å². The van der Waals surface area contributed by atoms with Gasteiger partial charge in [0.2, 0.25) is 11.8 Å². The molecule has 11 heteroatoms. The van der Waals surface area contributed by atoms with Crippen LogP contribution in [0.2, 0.25) is 10.0 Å². The van der Waals surface area contributed by atoms with Crippen molar-refractivity contribution in [1.29, 1.82) is 0 Å². The third kappa shape index (κ3) is 4.00. The number of carbonyl (C=O) groups is 2. The molecular weight excluding hydrogens is 451 g/mol. The van der Waals surface area contributed by atoms with Crippen LogP contribution < -0.4 is 11.1 Å². The minimum Gasteiger partial charge on any atom is -0.357 e. The molecule has 2 aromatic heterocycles. The second kappa shape index (κ2) is 8.85. The number of benzene rings is 1. The maximum atomic E-state index is 12.6. The van der Waals surface area contributed by atoms with Gasteiger partial charge >= 0.3 is 0 Å². The van der Waals surface area contributed by atoms with Gasteiger partial charge < -0.3 is 20.9 Å².